The first-order valence-corrected chi connectivity index (χ1v) is 11.3. The lowest BCUT2D eigenvalue weighted by atomic mass is 9.94. The van der Waals surface area contributed by atoms with Crippen LogP contribution in [0.1, 0.15) is 50.3 Å². The second-order valence-electron chi connectivity index (χ2n) is 7.90. The van der Waals surface area contributed by atoms with Gasteiger partial charge >= 0.3 is 0 Å². The van der Waals surface area contributed by atoms with Crippen molar-refractivity contribution in [2.45, 2.75) is 39.2 Å². The van der Waals surface area contributed by atoms with E-state index in [0.717, 1.165) is 12.8 Å². The number of nitrogens with zero attached hydrogens (tertiary/aromatic N) is 1. The van der Waals surface area contributed by atoms with Crippen LogP contribution in [0.5, 0.6) is 23.0 Å². The van der Waals surface area contributed by atoms with Crippen molar-refractivity contribution in [2.75, 3.05) is 27.4 Å². The fourth-order valence-electron chi connectivity index (χ4n) is 4.18. The molecule has 1 saturated heterocycles. The third-order valence-corrected chi connectivity index (χ3v) is 5.81. The molecule has 8 heteroatoms. The number of aromatic hydroxyl groups is 1. The van der Waals surface area contributed by atoms with Crippen LogP contribution >= 0.6 is 0 Å². The molecule has 1 fully saturated rings. The minimum atomic E-state index is -0.869. The van der Waals surface area contributed by atoms with Crippen LogP contribution in [0.3, 0.4) is 0 Å². The predicted molar refractivity (Wildman–Crippen MR) is 127 cm³/mol. The number of aliphatic hydroxyl groups excluding tert-OH is 1. The van der Waals surface area contributed by atoms with E-state index < -0.39 is 17.7 Å². The maximum atomic E-state index is 13.3. The number of benzene rings is 2. The summed E-state index contributed by atoms with van der Waals surface area (Å²) in [5.41, 5.74) is 0.651. The molecule has 1 heterocycles. The Kier molecular flexibility index (Phi) is 8.04. The molecule has 0 radical (unpaired) electrons. The van der Waals surface area contributed by atoms with Crippen LogP contribution in [-0.4, -0.2) is 54.2 Å². The summed E-state index contributed by atoms with van der Waals surface area (Å²) in [4.78, 5) is 27.8. The molecule has 0 spiro atoms. The third kappa shape index (κ3) is 4.66. The molecule has 182 valence electrons. The van der Waals surface area contributed by atoms with E-state index in [1.165, 1.54) is 25.2 Å². The van der Waals surface area contributed by atoms with E-state index in [1.54, 1.807) is 37.3 Å². The number of carbonyl (C=O) groups is 2. The van der Waals surface area contributed by atoms with Gasteiger partial charge in [-0.1, -0.05) is 31.9 Å². The van der Waals surface area contributed by atoms with Crippen LogP contribution in [0.25, 0.3) is 5.76 Å². The second-order valence-corrected chi connectivity index (χ2v) is 7.90. The first-order chi connectivity index (χ1) is 16.4. The summed E-state index contributed by atoms with van der Waals surface area (Å²) in [6, 6.07) is 8.77. The van der Waals surface area contributed by atoms with Crippen molar-refractivity contribution < 1.29 is 34.0 Å². The van der Waals surface area contributed by atoms with Gasteiger partial charge in [0.25, 0.3) is 11.7 Å². The minimum Gasteiger partial charge on any atom is -0.506 e. The Morgan fingerprint density at radius 2 is 1.68 bits per heavy atom. The summed E-state index contributed by atoms with van der Waals surface area (Å²) in [5.74, 6) is -1.10. The fraction of sp³-hybridized carbons (Fsp3) is 0.385. The summed E-state index contributed by atoms with van der Waals surface area (Å²) >= 11 is 0. The average molecular weight is 470 g/mol. The molecule has 2 aromatic carbocycles. The summed E-state index contributed by atoms with van der Waals surface area (Å²) in [6.45, 7) is 4.50. The standard InChI is InChI=1S/C26H31NO7/c1-5-7-8-14-27-23(16-12-13-17(28)20(15-16)34-6-2)22(25(30)26(27)31)24(29)21-18(32-3)10-9-11-19(21)33-4/h9-13,15,23,28-29H,5-8,14H2,1-4H3/b24-22+. The molecule has 1 aliphatic heterocycles. The van der Waals surface area contributed by atoms with Gasteiger partial charge in [-0.15, -0.1) is 0 Å². The second kappa shape index (κ2) is 11.0. The highest BCUT2D eigenvalue weighted by Gasteiger charge is 2.46. The minimum absolute atomic E-state index is 0.0556. The van der Waals surface area contributed by atoms with Crippen LogP contribution in [0.4, 0.5) is 0 Å². The van der Waals surface area contributed by atoms with Crippen molar-refractivity contribution in [3.05, 3.63) is 53.1 Å². The molecule has 3 rings (SSSR count). The number of aliphatic hydroxyl groups is 1. The zero-order chi connectivity index (χ0) is 24.8. The van der Waals surface area contributed by atoms with Crippen LogP contribution < -0.4 is 14.2 Å². The Balaban J connectivity index is 2.25. The Bertz CT molecular complexity index is 1070. The molecule has 1 atom stereocenters. The van der Waals surface area contributed by atoms with E-state index >= 15 is 0 Å². The Hall–Kier alpha value is -3.68. The third-order valence-electron chi connectivity index (χ3n) is 5.81. The molecule has 0 bridgehead atoms. The van der Waals surface area contributed by atoms with E-state index in [-0.39, 0.29) is 28.4 Å². The molecule has 1 unspecified atom stereocenters. The summed E-state index contributed by atoms with van der Waals surface area (Å²) in [7, 11) is 2.89. The van der Waals surface area contributed by atoms with Crippen LogP contribution in [0, 0.1) is 0 Å². The highest BCUT2D eigenvalue weighted by Crippen LogP contribution is 2.44. The van der Waals surface area contributed by atoms with Gasteiger partial charge < -0.3 is 29.3 Å². The maximum Gasteiger partial charge on any atom is 0.295 e. The Morgan fingerprint density at radius 1 is 1.00 bits per heavy atom. The van der Waals surface area contributed by atoms with Crippen molar-refractivity contribution in [1.29, 1.82) is 0 Å². The molecule has 2 N–H and O–H groups in total. The lowest BCUT2D eigenvalue weighted by molar-refractivity contribution is -0.139. The summed E-state index contributed by atoms with van der Waals surface area (Å²) < 4.78 is 16.3. The quantitative estimate of drug-likeness (QED) is 0.230. The number of likely N-dealkylation sites (tertiary alicyclic amines) is 1. The number of amides is 1. The molecule has 2 aromatic rings. The van der Waals surface area contributed by atoms with Gasteiger partial charge in [0.1, 0.15) is 22.8 Å². The van der Waals surface area contributed by atoms with Crippen molar-refractivity contribution in [1.82, 2.24) is 4.90 Å². The zero-order valence-electron chi connectivity index (χ0n) is 20.0. The molecule has 1 aliphatic rings. The number of ether oxygens (including phenoxy) is 3. The number of hydrogen-bond acceptors (Lipinski definition) is 7. The molecule has 1 amide bonds. The highest BCUT2D eigenvalue weighted by molar-refractivity contribution is 6.46. The lowest BCUT2D eigenvalue weighted by Crippen LogP contribution is -2.30. The van der Waals surface area contributed by atoms with Crippen molar-refractivity contribution >= 4 is 17.4 Å². The smallest absolute Gasteiger partial charge is 0.295 e. The first-order valence-electron chi connectivity index (χ1n) is 11.3. The van der Waals surface area contributed by atoms with Crippen LogP contribution in [0.2, 0.25) is 0 Å². The van der Waals surface area contributed by atoms with Gasteiger partial charge in [0.2, 0.25) is 0 Å². The number of rotatable bonds is 10. The number of phenolic OH excluding ortho intramolecular Hbond substituents is 1. The van der Waals surface area contributed by atoms with Gasteiger partial charge in [0, 0.05) is 6.54 Å². The van der Waals surface area contributed by atoms with E-state index in [2.05, 4.69) is 0 Å². The largest absolute Gasteiger partial charge is 0.506 e. The molecular formula is C26H31NO7. The Labute approximate surface area is 199 Å². The van der Waals surface area contributed by atoms with Crippen molar-refractivity contribution in [2.24, 2.45) is 0 Å². The molecule has 0 aliphatic carbocycles. The fourth-order valence-corrected chi connectivity index (χ4v) is 4.18. The van der Waals surface area contributed by atoms with Gasteiger partial charge in [-0.3, -0.25) is 9.59 Å². The SMILES string of the molecule is CCCCCN1C(=O)C(=O)/C(=C(/O)c2c(OC)cccc2OC)C1c1ccc(O)c(OCC)c1. The normalized spacial score (nSPS) is 17.2. The van der Waals surface area contributed by atoms with Crippen molar-refractivity contribution in [3.63, 3.8) is 0 Å². The summed E-state index contributed by atoms with van der Waals surface area (Å²) in [5, 5.41) is 21.6. The van der Waals surface area contributed by atoms with Crippen molar-refractivity contribution in [3.8, 4) is 23.0 Å². The van der Waals surface area contributed by atoms with Gasteiger partial charge in [0.15, 0.2) is 11.5 Å². The van der Waals surface area contributed by atoms with E-state index in [1.807, 2.05) is 6.92 Å². The molecule has 0 saturated carbocycles. The molecular weight excluding hydrogens is 438 g/mol. The molecule has 0 aromatic heterocycles. The average Bonchev–Trinajstić information content (AvgIpc) is 3.09. The zero-order valence-corrected chi connectivity index (χ0v) is 20.0. The van der Waals surface area contributed by atoms with Gasteiger partial charge in [-0.25, -0.2) is 0 Å². The highest BCUT2D eigenvalue weighted by atomic mass is 16.5. The predicted octanol–water partition coefficient (Wildman–Crippen LogP) is 4.42. The monoisotopic (exact) mass is 469 g/mol. The number of carbonyl (C=O) groups excluding carboxylic acids is 2. The number of ketones is 1. The first kappa shape index (κ1) is 25.0. The number of hydrogen-bond donors (Lipinski definition) is 2. The number of methoxy groups -OCH3 is 2. The topological polar surface area (TPSA) is 106 Å². The van der Waals surface area contributed by atoms with E-state index in [4.69, 9.17) is 14.2 Å². The van der Waals surface area contributed by atoms with Gasteiger partial charge in [-0.2, -0.15) is 0 Å². The van der Waals surface area contributed by atoms with E-state index in [0.29, 0.717) is 36.6 Å². The number of unbranched alkanes of at least 4 members (excludes halogenated alkanes) is 2. The lowest BCUT2D eigenvalue weighted by Gasteiger charge is -2.26. The molecule has 8 nitrogen and oxygen atoms in total. The van der Waals surface area contributed by atoms with Crippen LogP contribution in [0.15, 0.2) is 42.0 Å². The summed E-state index contributed by atoms with van der Waals surface area (Å²) in [6.07, 6.45) is 2.53. The van der Waals surface area contributed by atoms with E-state index in [9.17, 15) is 19.8 Å². The maximum absolute atomic E-state index is 13.3. The number of Topliss-reactive ketones (excluding diaryl/α,β-unsaturated/α-hetero) is 1. The molecule has 34 heavy (non-hydrogen) atoms. The van der Waals surface area contributed by atoms with Crippen LogP contribution in [-0.2, 0) is 9.59 Å². The van der Waals surface area contributed by atoms with Gasteiger partial charge in [0.05, 0.1) is 32.4 Å². The Morgan fingerprint density at radius 3 is 2.26 bits per heavy atom. The number of phenols is 1. The van der Waals surface area contributed by atoms with Gasteiger partial charge in [-0.05, 0) is 43.2 Å².